The fourth-order valence-corrected chi connectivity index (χ4v) is 9.44. The van der Waals surface area contributed by atoms with Gasteiger partial charge in [-0.05, 0) is 127 Å². The third-order valence-corrected chi connectivity index (χ3v) is 11.1. The topological polar surface area (TPSA) is 48.0 Å². The SMILES string of the molecule is COC(=O)C(C)(C)c1ccc(C(CCCN2CCC(C(O[Si](C)(C)C)(c3ccccc3)c3ccccc3)CC2)O[Si](C)(C)C)cc1. The molecule has 1 heterocycles. The van der Waals surface area contributed by atoms with Gasteiger partial charge in [0.2, 0.25) is 0 Å². The summed E-state index contributed by atoms with van der Waals surface area (Å²) in [4.78, 5) is 15.0. The molecule has 0 aromatic heterocycles. The number of piperidine rings is 1. The van der Waals surface area contributed by atoms with Crippen LogP contribution in [0.25, 0.3) is 0 Å². The van der Waals surface area contributed by atoms with Gasteiger partial charge in [0.05, 0.1) is 18.6 Å². The van der Waals surface area contributed by atoms with Gasteiger partial charge in [-0.25, -0.2) is 0 Å². The number of nitrogens with zero attached hydrogens (tertiary/aromatic N) is 1. The van der Waals surface area contributed by atoms with Crippen molar-refractivity contribution in [1.82, 2.24) is 4.90 Å². The lowest BCUT2D eigenvalue weighted by molar-refractivity contribution is -0.146. The van der Waals surface area contributed by atoms with Crippen LogP contribution < -0.4 is 0 Å². The predicted molar refractivity (Wildman–Crippen MR) is 195 cm³/mol. The van der Waals surface area contributed by atoms with Crippen LogP contribution in [0.1, 0.15) is 67.9 Å². The zero-order valence-corrected chi connectivity index (χ0v) is 31.8. The quantitative estimate of drug-likeness (QED) is 0.128. The number of rotatable bonds is 14. The Morgan fingerprint density at radius 2 is 1.30 bits per heavy atom. The molecular formula is C39H57NO4Si2. The maximum absolute atomic E-state index is 12.4. The van der Waals surface area contributed by atoms with Crippen LogP contribution in [-0.4, -0.2) is 54.2 Å². The maximum Gasteiger partial charge on any atom is 0.315 e. The van der Waals surface area contributed by atoms with E-state index >= 15 is 0 Å². The fraction of sp³-hybridized carbons (Fsp3) is 0.513. The fourth-order valence-electron chi connectivity index (χ4n) is 6.96. The van der Waals surface area contributed by atoms with Gasteiger partial charge in [0, 0.05) is 0 Å². The number of ether oxygens (including phenoxy) is 1. The molecule has 1 fully saturated rings. The molecule has 3 aromatic carbocycles. The summed E-state index contributed by atoms with van der Waals surface area (Å²) in [6.07, 6.45) is 4.29. The van der Waals surface area contributed by atoms with E-state index in [-0.39, 0.29) is 12.1 Å². The van der Waals surface area contributed by atoms with Crippen molar-refractivity contribution in [2.24, 2.45) is 5.92 Å². The monoisotopic (exact) mass is 659 g/mol. The van der Waals surface area contributed by atoms with Crippen molar-refractivity contribution in [2.45, 2.75) is 95.9 Å². The number of likely N-dealkylation sites (tertiary alicyclic amines) is 1. The second-order valence-corrected chi connectivity index (χ2v) is 24.3. The van der Waals surface area contributed by atoms with E-state index in [1.807, 2.05) is 13.8 Å². The van der Waals surface area contributed by atoms with Crippen LogP contribution in [0.2, 0.25) is 39.3 Å². The molecule has 1 unspecified atom stereocenters. The van der Waals surface area contributed by atoms with Gasteiger partial charge in [-0.15, -0.1) is 0 Å². The van der Waals surface area contributed by atoms with Crippen LogP contribution in [0, 0.1) is 5.92 Å². The normalized spacial score (nSPS) is 16.3. The highest BCUT2D eigenvalue weighted by molar-refractivity contribution is 6.70. The van der Waals surface area contributed by atoms with Crippen molar-refractivity contribution >= 4 is 22.6 Å². The first-order chi connectivity index (χ1) is 21.7. The summed E-state index contributed by atoms with van der Waals surface area (Å²) in [5.74, 6) is 0.173. The van der Waals surface area contributed by atoms with Crippen LogP contribution in [0.3, 0.4) is 0 Å². The van der Waals surface area contributed by atoms with Crippen LogP contribution in [-0.2, 0) is 29.4 Å². The minimum atomic E-state index is -1.91. The van der Waals surface area contributed by atoms with Crippen molar-refractivity contribution in [3.05, 3.63) is 107 Å². The Labute approximate surface area is 280 Å². The van der Waals surface area contributed by atoms with E-state index in [9.17, 15) is 4.79 Å². The van der Waals surface area contributed by atoms with Gasteiger partial charge >= 0.3 is 5.97 Å². The average molecular weight is 660 g/mol. The van der Waals surface area contributed by atoms with E-state index < -0.39 is 27.7 Å². The molecule has 3 aromatic rings. The van der Waals surface area contributed by atoms with Gasteiger partial charge in [0.15, 0.2) is 16.6 Å². The summed E-state index contributed by atoms with van der Waals surface area (Å²) in [6, 6.07) is 30.3. The highest BCUT2D eigenvalue weighted by Crippen LogP contribution is 2.47. The van der Waals surface area contributed by atoms with Gasteiger partial charge in [-0.2, -0.15) is 0 Å². The molecule has 250 valence electrons. The molecule has 5 nitrogen and oxygen atoms in total. The van der Waals surface area contributed by atoms with E-state index in [1.54, 1.807) is 0 Å². The Morgan fingerprint density at radius 3 is 1.76 bits per heavy atom. The summed E-state index contributed by atoms with van der Waals surface area (Å²) < 4.78 is 19.1. The number of benzene rings is 3. The summed E-state index contributed by atoms with van der Waals surface area (Å²) in [5, 5.41) is 0. The predicted octanol–water partition coefficient (Wildman–Crippen LogP) is 9.32. The molecule has 0 spiro atoms. The molecule has 7 heteroatoms. The smallest absolute Gasteiger partial charge is 0.315 e. The molecule has 1 atom stereocenters. The number of carbonyl (C=O) groups excluding carboxylic acids is 1. The largest absolute Gasteiger partial charge is 0.468 e. The van der Waals surface area contributed by atoms with Crippen molar-refractivity contribution in [3.8, 4) is 0 Å². The highest BCUT2D eigenvalue weighted by atomic mass is 28.4. The molecule has 0 saturated carbocycles. The number of hydrogen-bond acceptors (Lipinski definition) is 5. The lowest BCUT2D eigenvalue weighted by Crippen LogP contribution is -2.50. The second-order valence-electron chi connectivity index (χ2n) is 15.4. The van der Waals surface area contributed by atoms with Crippen LogP contribution >= 0.6 is 0 Å². The van der Waals surface area contributed by atoms with E-state index in [0.717, 1.165) is 50.9 Å². The summed E-state index contributed by atoms with van der Waals surface area (Å²) in [5.41, 5.74) is 3.56. The number of hydrogen-bond donors (Lipinski definition) is 0. The van der Waals surface area contributed by atoms with E-state index in [0.29, 0.717) is 5.92 Å². The summed E-state index contributed by atoms with van der Waals surface area (Å²) >= 11 is 0. The zero-order valence-electron chi connectivity index (χ0n) is 29.8. The Bertz CT molecular complexity index is 1330. The van der Waals surface area contributed by atoms with E-state index in [1.165, 1.54) is 23.8 Å². The first-order valence-corrected chi connectivity index (χ1v) is 23.9. The molecule has 1 aliphatic heterocycles. The standard InChI is InChI=1S/C39H57NO4Si2/c1-38(2,37(41)42-3)32-24-22-31(23-25-32)36(43-45(4,5)6)21-16-28-40-29-26-35(27-30-40)39(44-46(7,8)9,33-17-12-10-13-18-33)34-19-14-11-15-20-34/h10-15,17-20,22-25,35-36H,16,21,26-30H2,1-9H3. The minimum absolute atomic E-state index is 0.0495. The molecule has 1 aliphatic rings. The summed E-state index contributed by atoms with van der Waals surface area (Å²) in [7, 11) is -2.25. The Morgan fingerprint density at radius 1 is 0.783 bits per heavy atom. The Kier molecular flexibility index (Phi) is 11.9. The third-order valence-electron chi connectivity index (χ3n) is 9.17. The van der Waals surface area contributed by atoms with Crippen molar-refractivity contribution in [3.63, 3.8) is 0 Å². The first kappa shape index (κ1) is 36.3. The third kappa shape index (κ3) is 9.07. The molecule has 0 aliphatic carbocycles. The second kappa shape index (κ2) is 15.1. The number of esters is 1. The van der Waals surface area contributed by atoms with Crippen LogP contribution in [0.15, 0.2) is 84.9 Å². The van der Waals surface area contributed by atoms with Gasteiger partial charge in [-0.1, -0.05) is 84.9 Å². The van der Waals surface area contributed by atoms with E-state index in [4.69, 9.17) is 13.6 Å². The maximum atomic E-state index is 12.4. The van der Waals surface area contributed by atoms with Crippen LogP contribution in [0.4, 0.5) is 0 Å². The van der Waals surface area contributed by atoms with Crippen molar-refractivity contribution < 1.29 is 18.4 Å². The average Bonchev–Trinajstić information content (AvgIpc) is 3.03. The molecule has 1 saturated heterocycles. The molecule has 0 amide bonds. The minimum Gasteiger partial charge on any atom is -0.468 e. The Balaban J connectivity index is 1.46. The van der Waals surface area contributed by atoms with E-state index in [2.05, 4.69) is 129 Å². The molecule has 0 bridgehead atoms. The molecule has 0 radical (unpaired) electrons. The van der Waals surface area contributed by atoms with Gasteiger partial charge in [0.25, 0.3) is 0 Å². The Hall–Kier alpha value is -2.56. The highest BCUT2D eigenvalue weighted by Gasteiger charge is 2.46. The van der Waals surface area contributed by atoms with Gasteiger partial charge in [0.1, 0.15) is 5.60 Å². The van der Waals surface area contributed by atoms with Crippen LogP contribution in [0.5, 0.6) is 0 Å². The van der Waals surface area contributed by atoms with Gasteiger partial charge in [-0.3, -0.25) is 4.79 Å². The molecule has 4 rings (SSSR count). The molecule has 0 N–H and O–H groups in total. The van der Waals surface area contributed by atoms with Crippen molar-refractivity contribution in [2.75, 3.05) is 26.7 Å². The lowest BCUT2D eigenvalue weighted by Gasteiger charge is -2.48. The summed E-state index contributed by atoms with van der Waals surface area (Å²) in [6.45, 7) is 20.7. The molecular weight excluding hydrogens is 603 g/mol. The lowest BCUT2D eigenvalue weighted by atomic mass is 9.72. The number of methoxy groups -OCH3 is 1. The number of carbonyl (C=O) groups is 1. The first-order valence-electron chi connectivity index (χ1n) is 17.1. The molecule has 46 heavy (non-hydrogen) atoms. The van der Waals surface area contributed by atoms with Gasteiger partial charge < -0.3 is 18.5 Å². The van der Waals surface area contributed by atoms with Crippen molar-refractivity contribution in [1.29, 1.82) is 0 Å². The zero-order chi connectivity index (χ0) is 33.6.